The summed E-state index contributed by atoms with van der Waals surface area (Å²) in [5.74, 6) is 0.281. The zero-order chi connectivity index (χ0) is 13.9. The van der Waals surface area contributed by atoms with Crippen molar-refractivity contribution in [2.75, 3.05) is 0 Å². The van der Waals surface area contributed by atoms with Gasteiger partial charge in [0.15, 0.2) is 0 Å². The van der Waals surface area contributed by atoms with Crippen LogP contribution in [-0.2, 0) is 6.54 Å². The summed E-state index contributed by atoms with van der Waals surface area (Å²) in [7, 11) is 0. The molecule has 0 spiro atoms. The molecular weight excluding hydrogens is 240 g/mol. The van der Waals surface area contributed by atoms with E-state index in [0.29, 0.717) is 0 Å². The average Bonchev–Trinajstić information content (AvgIpc) is 2.81. The predicted octanol–water partition coefficient (Wildman–Crippen LogP) is 2.59. The van der Waals surface area contributed by atoms with Crippen LogP contribution >= 0.6 is 0 Å². The first-order valence-corrected chi connectivity index (χ1v) is 6.42. The third kappa shape index (κ3) is 2.86. The molecule has 102 valence electrons. The zero-order valence-electron chi connectivity index (χ0n) is 11.4. The molecule has 5 heteroatoms. The highest BCUT2D eigenvalue weighted by Gasteiger charge is 2.22. The van der Waals surface area contributed by atoms with Crippen LogP contribution in [0, 0.1) is 5.41 Å². The summed E-state index contributed by atoms with van der Waals surface area (Å²) in [6.07, 6.45) is 3.67. The van der Waals surface area contributed by atoms with E-state index in [2.05, 4.69) is 20.8 Å². The highest BCUT2D eigenvalue weighted by atomic mass is 16.4. The topological polar surface area (TPSA) is 76.4 Å². The molecule has 1 aromatic carbocycles. The van der Waals surface area contributed by atoms with Crippen LogP contribution in [0.1, 0.15) is 26.7 Å². The molecule has 0 fully saturated rings. The van der Waals surface area contributed by atoms with Gasteiger partial charge in [0.1, 0.15) is 5.84 Å². The number of hydrogen-bond acceptors (Lipinski definition) is 3. The number of nitrogens with zero attached hydrogens (tertiary/aromatic N) is 3. The molecule has 5 nitrogen and oxygen atoms in total. The highest BCUT2D eigenvalue weighted by Crippen LogP contribution is 2.23. The molecule has 2 aromatic rings. The second kappa shape index (κ2) is 5.30. The average molecular weight is 260 g/mol. The number of fused-ring (bicyclic) bond motifs is 1. The first kappa shape index (κ1) is 13.4. The molecule has 0 aliphatic rings. The number of aryl methyl sites for hydroxylation is 1. The van der Waals surface area contributed by atoms with Gasteiger partial charge in [-0.05, 0) is 25.0 Å². The number of amidine groups is 1. The summed E-state index contributed by atoms with van der Waals surface area (Å²) in [6, 6.07) is 8.07. The SMILES string of the molecule is CC(C)(CCCn1cnc2ccccc21)C(N)=NO. The lowest BCUT2D eigenvalue weighted by Gasteiger charge is -2.22. The smallest absolute Gasteiger partial charge is 0.144 e. The van der Waals surface area contributed by atoms with Crippen LogP contribution in [0.15, 0.2) is 35.7 Å². The van der Waals surface area contributed by atoms with E-state index in [4.69, 9.17) is 10.9 Å². The van der Waals surface area contributed by atoms with E-state index in [9.17, 15) is 0 Å². The van der Waals surface area contributed by atoms with Crippen molar-refractivity contribution >= 4 is 16.9 Å². The first-order chi connectivity index (χ1) is 9.04. The van der Waals surface area contributed by atoms with Gasteiger partial charge in [-0.25, -0.2) is 4.98 Å². The third-order valence-corrected chi connectivity index (χ3v) is 3.53. The lowest BCUT2D eigenvalue weighted by molar-refractivity contribution is 0.304. The Bertz CT molecular complexity index is 586. The molecule has 0 saturated carbocycles. The molecule has 0 unspecified atom stereocenters. The van der Waals surface area contributed by atoms with E-state index in [1.165, 1.54) is 0 Å². The van der Waals surface area contributed by atoms with Crippen molar-refractivity contribution in [2.24, 2.45) is 16.3 Å². The maximum Gasteiger partial charge on any atom is 0.144 e. The second-order valence-corrected chi connectivity index (χ2v) is 5.40. The summed E-state index contributed by atoms with van der Waals surface area (Å²) in [4.78, 5) is 4.36. The molecule has 2 rings (SSSR count). The minimum atomic E-state index is -0.287. The maximum absolute atomic E-state index is 8.74. The summed E-state index contributed by atoms with van der Waals surface area (Å²) in [5, 5.41) is 11.8. The Labute approximate surface area is 112 Å². The molecule has 19 heavy (non-hydrogen) atoms. The molecule has 0 aliphatic carbocycles. The van der Waals surface area contributed by atoms with E-state index >= 15 is 0 Å². The van der Waals surface area contributed by atoms with Crippen molar-refractivity contribution in [1.82, 2.24) is 9.55 Å². The standard InChI is InChI=1S/C14H20N4O/c1-14(2,13(15)17-19)8-5-9-18-10-16-11-6-3-4-7-12(11)18/h3-4,6-7,10,19H,5,8-9H2,1-2H3,(H2,15,17). The number of oxime groups is 1. The van der Waals surface area contributed by atoms with Crippen molar-refractivity contribution < 1.29 is 5.21 Å². The van der Waals surface area contributed by atoms with Gasteiger partial charge < -0.3 is 15.5 Å². The molecule has 0 radical (unpaired) electrons. The monoisotopic (exact) mass is 260 g/mol. The Kier molecular flexibility index (Phi) is 3.74. The number of aromatic nitrogens is 2. The van der Waals surface area contributed by atoms with Crippen LogP contribution in [0.4, 0.5) is 0 Å². The number of rotatable bonds is 5. The Morgan fingerprint density at radius 2 is 2.16 bits per heavy atom. The van der Waals surface area contributed by atoms with Gasteiger partial charge in [0.2, 0.25) is 0 Å². The van der Waals surface area contributed by atoms with Crippen LogP contribution < -0.4 is 5.73 Å². The molecule has 1 heterocycles. The minimum Gasteiger partial charge on any atom is -0.409 e. The molecule has 0 atom stereocenters. The summed E-state index contributed by atoms with van der Waals surface area (Å²) >= 11 is 0. The van der Waals surface area contributed by atoms with Crippen LogP contribution in [0.3, 0.4) is 0 Å². The number of para-hydroxylation sites is 2. The van der Waals surface area contributed by atoms with Crippen LogP contribution in [-0.4, -0.2) is 20.6 Å². The van der Waals surface area contributed by atoms with Crippen LogP contribution in [0.2, 0.25) is 0 Å². The highest BCUT2D eigenvalue weighted by molar-refractivity contribution is 5.85. The number of benzene rings is 1. The Balaban J connectivity index is 2.00. The summed E-state index contributed by atoms with van der Waals surface area (Å²) in [6.45, 7) is 4.84. The van der Waals surface area contributed by atoms with Crippen molar-refractivity contribution in [3.8, 4) is 0 Å². The van der Waals surface area contributed by atoms with Crippen LogP contribution in [0.25, 0.3) is 11.0 Å². The first-order valence-electron chi connectivity index (χ1n) is 6.42. The molecular formula is C14H20N4O. The minimum absolute atomic E-state index is 0.281. The van der Waals surface area contributed by atoms with Gasteiger partial charge >= 0.3 is 0 Å². The summed E-state index contributed by atoms with van der Waals surface area (Å²) in [5.41, 5.74) is 7.55. The van der Waals surface area contributed by atoms with Gasteiger partial charge in [0, 0.05) is 12.0 Å². The molecule has 0 aliphatic heterocycles. The van der Waals surface area contributed by atoms with Gasteiger partial charge in [-0.3, -0.25) is 0 Å². The molecule has 0 saturated heterocycles. The lowest BCUT2D eigenvalue weighted by Crippen LogP contribution is -2.32. The molecule has 3 N–H and O–H groups in total. The van der Waals surface area contributed by atoms with E-state index in [0.717, 1.165) is 30.4 Å². The van der Waals surface area contributed by atoms with Crippen molar-refractivity contribution in [2.45, 2.75) is 33.2 Å². The Morgan fingerprint density at radius 3 is 2.89 bits per heavy atom. The maximum atomic E-state index is 8.74. The van der Waals surface area contributed by atoms with Gasteiger partial charge in [0.25, 0.3) is 0 Å². The largest absolute Gasteiger partial charge is 0.409 e. The second-order valence-electron chi connectivity index (χ2n) is 5.40. The lowest BCUT2D eigenvalue weighted by atomic mass is 9.86. The number of imidazole rings is 1. The van der Waals surface area contributed by atoms with E-state index in [-0.39, 0.29) is 11.3 Å². The van der Waals surface area contributed by atoms with Gasteiger partial charge in [-0.2, -0.15) is 0 Å². The fourth-order valence-electron chi connectivity index (χ4n) is 2.14. The molecule has 1 aromatic heterocycles. The molecule has 0 amide bonds. The van der Waals surface area contributed by atoms with Crippen molar-refractivity contribution in [3.63, 3.8) is 0 Å². The Hall–Kier alpha value is -2.04. The predicted molar refractivity (Wildman–Crippen MR) is 76.2 cm³/mol. The number of hydrogen-bond donors (Lipinski definition) is 2. The van der Waals surface area contributed by atoms with E-state index in [1.807, 2.05) is 38.4 Å². The fourth-order valence-corrected chi connectivity index (χ4v) is 2.14. The van der Waals surface area contributed by atoms with Crippen molar-refractivity contribution in [1.29, 1.82) is 0 Å². The fraction of sp³-hybridized carbons (Fsp3) is 0.429. The van der Waals surface area contributed by atoms with E-state index in [1.54, 1.807) is 0 Å². The van der Waals surface area contributed by atoms with Gasteiger partial charge in [-0.1, -0.05) is 31.1 Å². The number of nitrogens with two attached hydrogens (primary N) is 1. The van der Waals surface area contributed by atoms with Gasteiger partial charge in [0.05, 0.1) is 17.4 Å². The van der Waals surface area contributed by atoms with Crippen molar-refractivity contribution in [3.05, 3.63) is 30.6 Å². The quantitative estimate of drug-likeness (QED) is 0.375. The Morgan fingerprint density at radius 1 is 1.42 bits per heavy atom. The van der Waals surface area contributed by atoms with Crippen LogP contribution in [0.5, 0.6) is 0 Å². The summed E-state index contributed by atoms with van der Waals surface area (Å²) < 4.78 is 2.14. The third-order valence-electron chi connectivity index (χ3n) is 3.53. The zero-order valence-corrected chi connectivity index (χ0v) is 11.4. The molecule has 0 bridgehead atoms. The van der Waals surface area contributed by atoms with Gasteiger partial charge in [-0.15, -0.1) is 0 Å². The normalized spacial score (nSPS) is 13.1. The van der Waals surface area contributed by atoms with E-state index < -0.39 is 0 Å².